The van der Waals surface area contributed by atoms with Crippen LogP contribution in [-0.4, -0.2) is 25.2 Å². The molecule has 0 aliphatic rings. The lowest BCUT2D eigenvalue weighted by atomic mass is 10.1. The average molecular weight is 381 g/mol. The number of nitrogens with zero attached hydrogens (tertiary/aromatic N) is 3. The van der Waals surface area contributed by atoms with Crippen molar-refractivity contribution in [2.24, 2.45) is 0 Å². The Balaban J connectivity index is 2.08. The Morgan fingerprint density at radius 1 is 1.23 bits per heavy atom. The standard InChI is InChI=1S/C16H15BrClN3O/c1-10-2-4-11(5-3-10)9-21-16-12(6-7-14(18)19-16)15(20-21)13(22)8-17/h2-7,13,22H,8-9H2,1H3. The molecule has 2 heterocycles. The summed E-state index contributed by atoms with van der Waals surface area (Å²) in [6, 6.07) is 11.8. The third-order valence-electron chi connectivity index (χ3n) is 3.50. The van der Waals surface area contributed by atoms with Crippen LogP contribution in [0.1, 0.15) is 22.9 Å². The number of halogens is 2. The van der Waals surface area contributed by atoms with Crippen molar-refractivity contribution in [3.8, 4) is 0 Å². The lowest BCUT2D eigenvalue weighted by molar-refractivity contribution is 0.201. The minimum absolute atomic E-state index is 0.414. The molecular weight excluding hydrogens is 366 g/mol. The van der Waals surface area contributed by atoms with Crippen molar-refractivity contribution in [2.75, 3.05) is 5.33 Å². The van der Waals surface area contributed by atoms with Gasteiger partial charge in [0.05, 0.1) is 6.54 Å². The number of aliphatic hydroxyl groups excluding tert-OH is 1. The van der Waals surface area contributed by atoms with Gasteiger partial charge in [-0.05, 0) is 24.6 Å². The third-order valence-corrected chi connectivity index (χ3v) is 4.33. The molecule has 0 amide bonds. The lowest BCUT2D eigenvalue weighted by Crippen LogP contribution is -2.05. The van der Waals surface area contributed by atoms with Crippen molar-refractivity contribution in [1.29, 1.82) is 0 Å². The summed E-state index contributed by atoms with van der Waals surface area (Å²) >= 11 is 9.30. The molecule has 4 nitrogen and oxygen atoms in total. The monoisotopic (exact) mass is 379 g/mol. The Morgan fingerprint density at radius 3 is 2.64 bits per heavy atom. The van der Waals surface area contributed by atoms with Gasteiger partial charge in [0.15, 0.2) is 5.65 Å². The predicted molar refractivity (Wildman–Crippen MR) is 91.6 cm³/mol. The SMILES string of the molecule is Cc1ccc(Cn2nc(C(O)CBr)c3ccc(Cl)nc32)cc1. The van der Waals surface area contributed by atoms with Gasteiger partial charge in [-0.2, -0.15) is 5.10 Å². The summed E-state index contributed by atoms with van der Waals surface area (Å²) in [5, 5.41) is 16.3. The summed E-state index contributed by atoms with van der Waals surface area (Å²) in [5.74, 6) is 0. The summed E-state index contributed by atoms with van der Waals surface area (Å²) < 4.78 is 1.78. The van der Waals surface area contributed by atoms with Gasteiger partial charge in [0.25, 0.3) is 0 Å². The molecule has 6 heteroatoms. The van der Waals surface area contributed by atoms with E-state index in [0.29, 0.717) is 28.4 Å². The Hall–Kier alpha value is -1.43. The molecule has 0 fully saturated rings. The zero-order valence-electron chi connectivity index (χ0n) is 12.0. The van der Waals surface area contributed by atoms with Gasteiger partial charge in [0.2, 0.25) is 0 Å². The minimum atomic E-state index is -0.676. The van der Waals surface area contributed by atoms with E-state index in [1.165, 1.54) is 5.56 Å². The van der Waals surface area contributed by atoms with Gasteiger partial charge in [-0.25, -0.2) is 9.67 Å². The highest BCUT2D eigenvalue weighted by molar-refractivity contribution is 9.09. The largest absolute Gasteiger partial charge is 0.386 e. The second-order valence-electron chi connectivity index (χ2n) is 5.20. The number of hydrogen-bond acceptors (Lipinski definition) is 3. The van der Waals surface area contributed by atoms with E-state index in [1.807, 2.05) is 6.07 Å². The summed E-state index contributed by atoms with van der Waals surface area (Å²) in [7, 11) is 0. The first-order valence-corrected chi connectivity index (χ1v) is 8.41. The first-order valence-electron chi connectivity index (χ1n) is 6.91. The van der Waals surface area contributed by atoms with E-state index in [1.54, 1.807) is 10.7 Å². The first kappa shape index (κ1) is 15.5. The fraction of sp³-hybridized carbons (Fsp3) is 0.250. The van der Waals surface area contributed by atoms with Crippen LogP contribution in [0.5, 0.6) is 0 Å². The molecule has 3 rings (SSSR count). The van der Waals surface area contributed by atoms with Crippen molar-refractivity contribution in [2.45, 2.75) is 19.6 Å². The zero-order valence-corrected chi connectivity index (χ0v) is 14.3. The molecule has 0 radical (unpaired) electrons. The van der Waals surface area contributed by atoms with Crippen LogP contribution in [0.15, 0.2) is 36.4 Å². The highest BCUT2D eigenvalue weighted by Gasteiger charge is 2.18. The zero-order chi connectivity index (χ0) is 15.7. The fourth-order valence-electron chi connectivity index (χ4n) is 2.35. The van der Waals surface area contributed by atoms with E-state index in [-0.39, 0.29) is 0 Å². The van der Waals surface area contributed by atoms with Crippen molar-refractivity contribution in [3.63, 3.8) is 0 Å². The van der Waals surface area contributed by atoms with Gasteiger partial charge in [0.1, 0.15) is 17.0 Å². The molecule has 2 aromatic heterocycles. The van der Waals surface area contributed by atoms with Crippen LogP contribution in [0.4, 0.5) is 0 Å². The van der Waals surface area contributed by atoms with E-state index in [9.17, 15) is 5.11 Å². The van der Waals surface area contributed by atoms with Gasteiger partial charge < -0.3 is 5.11 Å². The Labute approximate surface area is 141 Å². The molecule has 3 aromatic rings. The second kappa shape index (κ2) is 6.36. The van der Waals surface area contributed by atoms with E-state index >= 15 is 0 Å². The molecule has 0 saturated carbocycles. The minimum Gasteiger partial charge on any atom is -0.386 e. The van der Waals surface area contributed by atoms with Crippen LogP contribution in [0.25, 0.3) is 11.0 Å². The van der Waals surface area contributed by atoms with E-state index in [4.69, 9.17) is 11.6 Å². The van der Waals surface area contributed by atoms with Crippen LogP contribution in [0.3, 0.4) is 0 Å². The normalized spacial score (nSPS) is 12.7. The number of hydrogen-bond donors (Lipinski definition) is 1. The third kappa shape index (κ3) is 3.02. The molecule has 0 aliphatic heterocycles. The molecule has 0 bridgehead atoms. The fourth-order valence-corrected chi connectivity index (χ4v) is 2.80. The number of aliphatic hydroxyl groups is 1. The van der Waals surface area contributed by atoms with Crippen LogP contribution in [-0.2, 0) is 6.54 Å². The predicted octanol–water partition coefficient (Wildman–Crippen LogP) is 3.87. The number of aryl methyl sites for hydroxylation is 1. The van der Waals surface area contributed by atoms with Gasteiger partial charge in [0, 0.05) is 10.7 Å². The number of rotatable bonds is 4. The maximum Gasteiger partial charge on any atom is 0.160 e. The molecule has 22 heavy (non-hydrogen) atoms. The molecule has 1 unspecified atom stereocenters. The van der Waals surface area contributed by atoms with E-state index in [2.05, 4.69) is 57.2 Å². The van der Waals surface area contributed by atoms with Gasteiger partial charge in [-0.3, -0.25) is 0 Å². The number of alkyl halides is 1. The van der Waals surface area contributed by atoms with Crippen molar-refractivity contribution in [1.82, 2.24) is 14.8 Å². The van der Waals surface area contributed by atoms with Gasteiger partial charge >= 0.3 is 0 Å². The maximum absolute atomic E-state index is 10.1. The summed E-state index contributed by atoms with van der Waals surface area (Å²) in [6.07, 6.45) is -0.676. The van der Waals surface area contributed by atoms with Crippen LogP contribution in [0, 0.1) is 6.92 Å². The number of aromatic nitrogens is 3. The summed E-state index contributed by atoms with van der Waals surface area (Å²) in [5.41, 5.74) is 3.63. The molecular formula is C16H15BrClN3O. The number of fused-ring (bicyclic) bond motifs is 1. The summed E-state index contributed by atoms with van der Waals surface area (Å²) in [4.78, 5) is 4.37. The van der Waals surface area contributed by atoms with E-state index < -0.39 is 6.10 Å². The van der Waals surface area contributed by atoms with Crippen molar-refractivity contribution in [3.05, 3.63) is 58.4 Å². The van der Waals surface area contributed by atoms with Gasteiger partial charge in [-0.15, -0.1) is 0 Å². The number of benzene rings is 1. The molecule has 1 atom stereocenters. The Morgan fingerprint density at radius 2 is 1.95 bits per heavy atom. The number of pyridine rings is 1. The average Bonchev–Trinajstić information content (AvgIpc) is 2.87. The second-order valence-corrected chi connectivity index (χ2v) is 6.24. The van der Waals surface area contributed by atoms with Crippen LogP contribution < -0.4 is 0 Å². The smallest absolute Gasteiger partial charge is 0.160 e. The Bertz CT molecular complexity index is 801. The topological polar surface area (TPSA) is 50.9 Å². The summed E-state index contributed by atoms with van der Waals surface area (Å²) in [6.45, 7) is 2.64. The van der Waals surface area contributed by atoms with Crippen LogP contribution >= 0.6 is 27.5 Å². The molecule has 1 N–H and O–H groups in total. The van der Waals surface area contributed by atoms with Crippen molar-refractivity contribution < 1.29 is 5.11 Å². The molecule has 0 saturated heterocycles. The molecule has 1 aromatic carbocycles. The highest BCUT2D eigenvalue weighted by atomic mass is 79.9. The first-order chi connectivity index (χ1) is 10.6. The van der Waals surface area contributed by atoms with Crippen LogP contribution in [0.2, 0.25) is 5.15 Å². The quantitative estimate of drug-likeness (QED) is 0.552. The Kier molecular flexibility index (Phi) is 4.47. The lowest BCUT2D eigenvalue weighted by Gasteiger charge is -2.04. The molecule has 114 valence electrons. The van der Waals surface area contributed by atoms with E-state index in [0.717, 1.165) is 10.9 Å². The maximum atomic E-state index is 10.1. The molecule has 0 aliphatic carbocycles. The van der Waals surface area contributed by atoms with Crippen molar-refractivity contribution >= 4 is 38.6 Å². The highest BCUT2D eigenvalue weighted by Crippen LogP contribution is 2.26. The van der Waals surface area contributed by atoms with Gasteiger partial charge in [-0.1, -0.05) is 57.4 Å². The molecule has 0 spiro atoms.